The van der Waals surface area contributed by atoms with Gasteiger partial charge in [-0.05, 0) is 12.0 Å². The molecule has 0 N–H and O–H groups in total. The zero-order valence-electron chi connectivity index (χ0n) is 5.46. The van der Waals surface area contributed by atoms with Gasteiger partial charge in [0.15, 0.2) is 0 Å². The fraction of sp³-hybridized carbons (Fsp3) is 0.500. The van der Waals surface area contributed by atoms with Gasteiger partial charge in [-0.3, -0.25) is 0 Å². The number of rotatable bonds is 2. The first-order valence-corrected chi connectivity index (χ1v) is 2.67. The standard InChI is InChI=1S/C6H9O3/c1-5(2)3-4-9-6(7)8/h3-5H,1-2H3/b4-3+. The maximum Gasteiger partial charge on any atom is 0.555 e. The molecule has 9 heavy (non-hydrogen) atoms. The lowest BCUT2D eigenvalue weighted by molar-refractivity contribution is 0.101. The van der Waals surface area contributed by atoms with Gasteiger partial charge < -0.3 is 4.74 Å². The Hall–Kier alpha value is -0.990. The molecular weight excluding hydrogens is 120 g/mol. The summed E-state index contributed by atoms with van der Waals surface area (Å²) in [5, 5.41) is 9.60. The summed E-state index contributed by atoms with van der Waals surface area (Å²) in [5.41, 5.74) is 0. The van der Waals surface area contributed by atoms with Gasteiger partial charge in [0.1, 0.15) is 0 Å². The molecule has 0 saturated heterocycles. The summed E-state index contributed by atoms with van der Waals surface area (Å²) in [7, 11) is 0. The molecule has 0 aliphatic carbocycles. The van der Waals surface area contributed by atoms with Crippen LogP contribution in [-0.2, 0) is 9.84 Å². The lowest BCUT2D eigenvalue weighted by Gasteiger charge is -1.90. The average Bonchev–Trinajstić information content (AvgIpc) is 1.63. The van der Waals surface area contributed by atoms with E-state index in [1.54, 1.807) is 6.08 Å². The normalized spacial score (nSPS) is 10.6. The van der Waals surface area contributed by atoms with Gasteiger partial charge in [-0.1, -0.05) is 13.8 Å². The third-order valence-electron chi connectivity index (χ3n) is 0.628. The van der Waals surface area contributed by atoms with Gasteiger partial charge in [0, 0.05) is 0 Å². The zero-order valence-corrected chi connectivity index (χ0v) is 5.46. The first-order chi connectivity index (χ1) is 4.13. The highest BCUT2D eigenvalue weighted by atomic mass is 16.7. The molecule has 0 aliphatic rings. The summed E-state index contributed by atoms with van der Waals surface area (Å²) in [6, 6.07) is 0. The number of hydrogen-bond donors (Lipinski definition) is 0. The van der Waals surface area contributed by atoms with Gasteiger partial charge >= 0.3 is 6.16 Å². The Morgan fingerprint density at radius 1 is 1.56 bits per heavy atom. The smallest absolute Gasteiger partial charge is 0.401 e. The lowest BCUT2D eigenvalue weighted by atomic mass is 10.2. The molecule has 51 valence electrons. The summed E-state index contributed by atoms with van der Waals surface area (Å²) >= 11 is 0. The second kappa shape index (κ2) is 3.95. The number of carbonyl (C=O) groups is 1. The fourth-order valence-electron chi connectivity index (χ4n) is 0.252. The van der Waals surface area contributed by atoms with Crippen molar-refractivity contribution in [3.8, 4) is 0 Å². The molecule has 0 rings (SSSR count). The summed E-state index contributed by atoms with van der Waals surface area (Å²) in [4.78, 5) is 9.60. The van der Waals surface area contributed by atoms with Gasteiger partial charge in [-0.25, -0.2) is 0 Å². The molecule has 3 nitrogen and oxygen atoms in total. The van der Waals surface area contributed by atoms with Gasteiger partial charge in [-0.15, -0.1) is 0 Å². The molecule has 0 aromatic rings. The van der Waals surface area contributed by atoms with E-state index in [4.69, 9.17) is 0 Å². The van der Waals surface area contributed by atoms with E-state index in [0.29, 0.717) is 5.92 Å². The predicted octanol–water partition coefficient (Wildman–Crippen LogP) is 1.72. The molecule has 0 fully saturated rings. The van der Waals surface area contributed by atoms with Crippen molar-refractivity contribution in [1.82, 2.24) is 0 Å². The van der Waals surface area contributed by atoms with Crippen molar-refractivity contribution in [1.29, 1.82) is 0 Å². The summed E-state index contributed by atoms with van der Waals surface area (Å²) in [6.45, 7) is 3.82. The van der Waals surface area contributed by atoms with E-state index < -0.39 is 6.16 Å². The van der Waals surface area contributed by atoms with Crippen LogP contribution in [0, 0.1) is 5.92 Å². The van der Waals surface area contributed by atoms with Gasteiger partial charge in [0.25, 0.3) is 0 Å². The van der Waals surface area contributed by atoms with Crippen molar-refractivity contribution in [3.05, 3.63) is 12.3 Å². The first-order valence-electron chi connectivity index (χ1n) is 2.67. The van der Waals surface area contributed by atoms with E-state index in [2.05, 4.69) is 4.74 Å². The predicted molar refractivity (Wildman–Crippen MR) is 31.1 cm³/mol. The fourth-order valence-corrected chi connectivity index (χ4v) is 0.252. The maximum absolute atomic E-state index is 9.60. The van der Waals surface area contributed by atoms with Crippen molar-refractivity contribution >= 4 is 6.16 Å². The Balaban J connectivity index is 3.36. The lowest BCUT2D eigenvalue weighted by Crippen LogP contribution is -1.90. The molecule has 0 bridgehead atoms. The Bertz CT molecular complexity index is 115. The molecule has 0 saturated carbocycles. The molecule has 0 aromatic heterocycles. The number of ether oxygens (including phenoxy) is 1. The van der Waals surface area contributed by atoms with Gasteiger partial charge in [0.2, 0.25) is 0 Å². The minimum atomic E-state index is -1.52. The SMILES string of the molecule is CC(C)/C=C/OC([O])=O. The van der Waals surface area contributed by atoms with E-state index in [1.165, 1.54) is 0 Å². The van der Waals surface area contributed by atoms with Crippen LogP contribution in [0.2, 0.25) is 0 Å². The second-order valence-electron chi connectivity index (χ2n) is 1.94. The van der Waals surface area contributed by atoms with Crippen molar-refractivity contribution < 1.29 is 14.6 Å². The molecule has 0 amide bonds. The van der Waals surface area contributed by atoms with E-state index in [9.17, 15) is 9.90 Å². The van der Waals surface area contributed by atoms with E-state index in [-0.39, 0.29) is 0 Å². The molecule has 0 heterocycles. The largest absolute Gasteiger partial charge is 0.555 e. The minimum Gasteiger partial charge on any atom is -0.401 e. The molecule has 0 aliphatic heterocycles. The molecule has 0 unspecified atom stereocenters. The molecule has 1 radical (unpaired) electrons. The third-order valence-corrected chi connectivity index (χ3v) is 0.628. The molecule has 0 aromatic carbocycles. The van der Waals surface area contributed by atoms with Crippen molar-refractivity contribution in [3.63, 3.8) is 0 Å². The molecular formula is C6H9O3. The van der Waals surface area contributed by atoms with Crippen molar-refractivity contribution in [2.45, 2.75) is 13.8 Å². The van der Waals surface area contributed by atoms with Crippen LogP contribution in [0.5, 0.6) is 0 Å². The summed E-state index contributed by atoms with van der Waals surface area (Å²) < 4.78 is 3.98. The van der Waals surface area contributed by atoms with Crippen LogP contribution < -0.4 is 0 Å². The van der Waals surface area contributed by atoms with E-state index in [1.807, 2.05) is 13.8 Å². The van der Waals surface area contributed by atoms with Crippen LogP contribution in [0.3, 0.4) is 0 Å². The van der Waals surface area contributed by atoms with E-state index >= 15 is 0 Å². The Kier molecular flexibility index (Phi) is 3.51. The highest BCUT2D eigenvalue weighted by molar-refractivity contribution is 5.57. The zero-order chi connectivity index (χ0) is 7.28. The Morgan fingerprint density at radius 2 is 2.11 bits per heavy atom. The molecule has 0 atom stereocenters. The highest BCUT2D eigenvalue weighted by Gasteiger charge is 1.92. The summed E-state index contributed by atoms with van der Waals surface area (Å²) in [5.74, 6) is 0.296. The Morgan fingerprint density at radius 3 is 2.44 bits per heavy atom. The summed E-state index contributed by atoms with van der Waals surface area (Å²) in [6.07, 6.45) is 1.21. The number of allylic oxidation sites excluding steroid dienone is 1. The Labute approximate surface area is 53.9 Å². The topological polar surface area (TPSA) is 46.2 Å². The van der Waals surface area contributed by atoms with Gasteiger partial charge in [-0.2, -0.15) is 9.90 Å². The average molecular weight is 129 g/mol. The maximum atomic E-state index is 9.60. The van der Waals surface area contributed by atoms with Crippen LogP contribution in [0.25, 0.3) is 0 Å². The number of carbonyl (C=O) groups excluding carboxylic acids is 1. The first kappa shape index (κ1) is 8.01. The quantitative estimate of drug-likeness (QED) is 0.421. The third kappa shape index (κ3) is 7.01. The van der Waals surface area contributed by atoms with E-state index in [0.717, 1.165) is 6.26 Å². The van der Waals surface area contributed by atoms with Crippen molar-refractivity contribution in [2.24, 2.45) is 5.92 Å². The van der Waals surface area contributed by atoms with Crippen LogP contribution in [0.1, 0.15) is 13.8 Å². The van der Waals surface area contributed by atoms with Crippen molar-refractivity contribution in [2.75, 3.05) is 0 Å². The molecule has 3 heteroatoms. The van der Waals surface area contributed by atoms with Crippen LogP contribution in [0.15, 0.2) is 12.3 Å². The van der Waals surface area contributed by atoms with Crippen LogP contribution >= 0.6 is 0 Å². The monoisotopic (exact) mass is 129 g/mol. The van der Waals surface area contributed by atoms with Crippen LogP contribution in [-0.4, -0.2) is 6.16 Å². The minimum absolute atomic E-state index is 0.296. The molecule has 0 spiro atoms. The number of hydrogen-bond acceptors (Lipinski definition) is 2. The van der Waals surface area contributed by atoms with Crippen LogP contribution in [0.4, 0.5) is 4.79 Å². The highest BCUT2D eigenvalue weighted by Crippen LogP contribution is 1.93. The second-order valence-corrected chi connectivity index (χ2v) is 1.94. The van der Waals surface area contributed by atoms with Gasteiger partial charge in [0.05, 0.1) is 6.26 Å².